The predicted molar refractivity (Wildman–Crippen MR) is 126 cm³/mol. The number of nitrogens with zero attached hydrogens (tertiary/aromatic N) is 5. The van der Waals surface area contributed by atoms with Crippen molar-refractivity contribution in [3.63, 3.8) is 0 Å². The second kappa shape index (κ2) is 9.74. The Balaban J connectivity index is 1.37. The van der Waals surface area contributed by atoms with Gasteiger partial charge in [-0.2, -0.15) is 0 Å². The Morgan fingerprint density at radius 2 is 1.91 bits per heavy atom. The minimum atomic E-state index is -0.0558. The van der Waals surface area contributed by atoms with Crippen molar-refractivity contribution in [3.05, 3.63) is 81.5 Å². The van der Waals surface area contributed by atoms with E-state index in [0.717, 1.165) is 24.2 Å². The molecule has 0 spiro atoms. The molecule has 1 fully saturated rings. The number of aryl methyl sites for hydroxylation is 1. The fourth-order valence-corrected chi connectivity index (χ4v) is 4.22. The maximum Gasteiger partial charge on any atom is 0.193 e. The molecule has 1 saturated heterocycles. The van der Waals surface area contributed by atoms with Crippen molar-refractivity contribution < 1.29 is 13.9 Å². The number of tetrazole rings is 1. The van der Waals surface area contributed by atoms with Gasteiger partial charge in [-0.05, 0) is 42.0 Å². The fraction of sp³-hybridized carbons (Fsp3) is 0.360. The van der Waals surface area contributed by atoms with Crippen LogP contribution in [0.3, 0.4) is 0 Å². The summed E-state index contributed by atoms with van der Waals surface area (Å²) in [6.45, 7) is 7.73. The van der Waals surface area contributed by atoms with Gasteiger partial charge in [0.1, 0.15) is 23.7 Å². The molecule has 9 heteroatoms. The Bertz CT molecular complexity index is 1330. The monoisotopic (exact) mass is 461 g/mol. The Hall–Kier alpha value is -3.56. The van der Waals surface area contributed by atoms with Crippen LogP contribution in [0.25, 0.3) is 11.0 Å². The lowest BCUT2D eigenvalue weighted by Crippen LogP contribution is -2.35. The van der Waals surface area contributed by atoms with E-state index in [1.165, 1.54) is 0 Å². The number of fused-ring (bicyclic) bond motifs is 1. The average molecular weight is 462 g/mol. The molecular weight excluding hydrogens is 434 g/mol. The normalized spacial score (nSPS) is 15.5. The Morgan fingerprint density at radius 1 is 1.12 bits per heavy atom. The van der Waals surface area contributed by atoms with Gasteiger partial charge in [0, 0.05) is 24.7 Å². The highest BCUT2D eigenvalue weighted by Crippen LogP contribution is 2.28. The zero-order valence-corrected chi connectivity index (χ0v) is 19.3. The van der Waals surface area contributed by atoms with Gasteiger partial charge in [0.05, 0.1) is 31.2 Å². The van der Waals surface area contributed by atoms with E-state index < -0.39 is 0 Å². The first-order valence-corrected chi connectivity index (χ1v) is 11.4. The summed E-state index contributed by atoms with van der Waals surface area (Å²) in [6.07, 6.45) is 0. The fourth-order valence-electron chi connectivity index (χ4n) is 4.22. The van der Waals surface area contributed by atoms with Gasteiger partial charge in [0.15, 0.2) is 11.3 Å². The van der Waals surface area contributed by atoms with Gasteiger partial charge < -0.3 is 13.9 Å². The van der Waals surface area contributed by atoms with Crippen LogP contribution < -0.4 is 10.2 Å². The molecule has 34 heavy (non-hydrogen) atoms. The predicted octanol–water partition coefficient (Wildman–Crippen LogP) is 3.11. The van der Waals surface area contributed by atoms with Gasteiger partial charge in [-0.25, -0.2) is 4.68 Å². The molecule has 3 heterocycles. The highest BCUT2D eigenvalue weighted by atomic mass is 16.5. The van der Waals surface area contributed by atoms with Crippen LogP contribution in [0.4, 0.5) is 0 Å². The van der Waals surface area contributed by atoms with Crippen molar-refractivity contribution in [2.75, 3.05) is 26.3 Å². The Kier molecular flexibility index (Phi) is 6.37. The van der Waals surface area contributed by atoms with Crippen molar-refractivity contribution >= 4 is 11.0 Å². The molecule has 0 bridgehead atoms. The molecule has 0 N–H and O–H groups in total. The van der Waals surface area contributed by atoms with Crippen LogP contribution in [0.2, 0.25) is 0 Å². The SMILES string of the molecule is Cc1c(OCc2nnnn2C(C)c2ccccc2)ccc2c(=O)cc(CN3CCOCC3)oc12. The van der Waals surface area contributed by atoms with Crippen LogP contribution in [0.5, 0.6) is 5.75 Å². The lowest BCUT2D eigenvalue weighted by atomic mass is 10.1. The summed E-state index contributed by atoms with van der Waals surface area (Å²) < 4.78 is 19.4. The van der Waals surface area contributed by atoms with Gasteiger partial charge in [-0.3, -0.25) is 9.69 Å². The van der Waals surface area contributed by atoms with E-state index in [4.69, 9.17) is 13.9 Å². The highest BCUT2D eigenvalue weighted by Gasteiger charge is 2.18. The number of aromatic nitrogens is 4. The van der Waals surface area contributed by atoms with Gasteiger partial charge in [-0.1, -0.05) is 30.3 Å². The number of benzene rings is 2. The molecule has 2 aromatic carbocycles. The molecule has 2 aromatic heterocycles. The first kappa shape index (κ1) is 22.2. The largest absolute Gasteiger partial charge is 0.485 e. The summed E-state index contributed by atoms with van der Waals surface area (Å²) in [6, 6.07) is 15.1. The average Bonchev–Trinajstić information content (AvgIpc) is 3.33. The minimum Gasteiger partial charge on any atom is -0.485 e. The van der Waals surface area contributed by atoms with Crippen molar-refractivity contribution in [1.29, 1.82) is 0 Å². The van der Waals surface area contributed by atoms with E-state index in [0.29, 0.717) is 48.1 Å². The smallest absolute Gasteiger partial charge is 0.193 e. The number of morpholine rings is 1. The molecule has 0 radical (unpaired) electrons. The molecule has 1 aliphatic heterocycles. The third-order valence-electron chi connectivity index (χ3n) is 6.20. The molecule has 0 amide bonds. The summed E-state index contributed by atoms with van der Waals surface area (Å²) in [5.41, 5.74) is 2.37. The van der Waals surface area contributed by atoms with Crippen LogP contribution in [-0.2, 0) is 17.9 Å². The zero-order chi connectivity index (χ0) is 23.5. The quantitative estimate of drug-likeness (QED) is 0.414. The van der Waals surface area contributed by atoms with Crippen molar-refractivity contribution in [1.82, 2.24) is 25.1 Å². The van der Waals surface area contributed by atoms with Gasteiger partial charge in [-0.15, -0.1) is 5.10 Å². The van der Waals surface area contributed by atoms with Crippen LogP contribution in [0, 0.1) is 6.92 Å². The maximum atomic E-state index is 12.7. The number of rotatable bonds is 7. The molecule has 4 aromatic rings. The van der Waals surface area contributed by atoms with Crippen LogP contribution in [0.1, 0.15) is 35.7 Å². The maximum absolute atomic E-state index is 12.7. The molecule has 5 rings (SSSR count). The van der Waals surface area contributed by atoms with E-state index >= 15 is 0 Å². The van der Waals surface area contributed by atoms with Gasteiger partial charge in [0.2, 0.25) is 0 Å². The first-order chi connectivity index (χ1) is 16.6. The number of hydrogen-bond acceptors (Lipinski definition) is 8. The minimum absolute atomic E-state index is 0.0340. The van der Waals surface area contributed by atoms with E-state index in [9.17, 15) is 4.79 Å². The first-order valence-electron chi connectivity index (χ1n) is 11.4. The van der Waals surface area contributed by atoms with E-state index in [2.05, 4.69) is 20.4 Å². The molecule has 176 valence electrons. The molecule has 9 nitrogen and oxygen atoms in total. The zero-order valence-electron chi connectivity index (χ0n) is 19.3. The number of hydrogen-bond donors (Lipinski definition) is 0. The molecule has 1 atom stereocenters. The second-order valence-electron chi connectivity index (χ2n) is 8.45. The van der Waals surface area contributed by atoms with E-state index in [1.807, 2.05) is 44.2 Å². The third-order valence-corrected chi connectivity index (χ3v) is 6.20. The lowest BCUT2D eigenvalue weighted by Gasteiger charge is -2.25. The molecule has 0 aliphatic carbocycles. The lowest BCUT2D eigenvalue weighted by molar-refractivity contribution is 0.0314. The molecule has 1 aliphatic rings. The highest BCUT2D eigenvalue weighted by molar-refractivity contribution is 5.81. The van der Waals surface area contributed by atoms with Gasteiger partial charge in [0.25, 0.3) is 0 Å². The van der Waals surface area contributed by atoms with Crippen molar-refractivity contribution in [2.24, 2.45) is 0 Å². The third kappa shape index (κ3) is 4.57. The number of ether oxygens (including phenoxy) is 2. The summed E-state index contributed by atoms with van der Waals surface area (Å²) in [5, 5.41) is 12.7. The summed E-state index contributed by atoms with van der Waals surface area (Å²) >= 11 is 0. The summed E-state index contributed by atoms with van der Waals surface area (Å²) in [4.78, 5) is 14.9. The van der Waals surface area contributed by atoms with Crippen LogP contribution in [0.15, 0.2) is 57.7 Å². The van der Waals surface area contributed by atoms with Crippen LogP contribution in [-0.4, -0.2) is 51.4 Å². The second-order valence-corrected chi connectivity index (χ2v) is 8.45. The van der Waals surface area contributed by atoms with Crippen molar-refractivity contribution in [2.45, 2.75) is 33.0 Å². The molecule has 0 saturated carbocycles. The van der Waals surface area contributed by atoms with Gasteiger partial charge >= 0.3 is 0 Å². The molecular formula is C25H27N5O4. The standard InChI is InChI=1S/C25H27N5O4/c1-17-23(33-16-24-26-27-28-30(24)18(2)19-6-4-3-5-7-19)9-8-21-22(31)14-20(34-25(17)21)15-29-10-12-32-13-11-29/h3-9,14,18H,10-13,15-16H2,1-2H3. The topological polar surface area (TPSA) is 95.5 Å². The Morgan fingerprint density at radius 3 is 2.71 bits per heavy atom. The summed E-state index contributed by atoms with van der Waals surface area (Å²) in [5.74, 6) is 1.87. The van der Waals surface area contributed by atoms with Crippen molar-refractivity contribution in [3.8, 4) is 5.75 Å². The van der Waals surface area contributed by atoms with Crippen LogP contribution >= 0.6 is 0 Å². The summed E-state index contributed by atoms with van der Waals surface area (Å²) in [7, 11) is 0. The molecule has 1 unspecified atom stereocenters. The van der Waals surface area contributed by atoms with E-state index in [-0.39, 0.29) is 18.1 Å². The van der Waals surface area contributed by atoms with E-state index in [1.54, 1.807) is 22.9 Å². The Labute approximate surface area is 196 Å².